The number of benzene rings is 2. The van der Waals surface area contributed by atoms with Crippen molar-refractivity contribution in [2.24, 2.45) is 4.99 Å². The van der Waals surface area contributed by atoms with Gasteiger partial charge in [-0.1, -0.05) is 48.9 Å². The molecule has 41 heavy (non-hydrogen) atoms. The molecule has 1 aliphatic heterocycles. The number of halogens is 5. The molecule has 224 valence electrons. The third-order valence-electron chi connectivity index (χ3n) is 6.90. The van der Waals surface area contributed by atoms with Gasteiger partial charge in [-0.2, -0.15) is 21.6 Å². The van der Waals surface area contributed by atoms with E-state index in [1.54, 1.807) is 47.6 Å². The standard InChI is InChI=1S/C27H29ClF3N3O5S.HI/c1-2-23-24(28)25(32-16-34(23)17-38-26(35)20-6-4-3-5-7-20)33-21-12-8-18(9-13-21)19-10-14-22(15-11-19)39-40(36,37)27(29,30)31;/h3-7,10-11,14-16,18,21,23,33H,2,8-9,12-13,17H2,1H3;1H/t18-,21+,23?;. The zero-order chi connectivity index (χ0) is 28.9. The second-order valence-corrected chi connectivity index (χ2v) is 11.5. The molecule has 2 aromatic rings. The number of alkyl halides is 3. The Morgan fingerprint density at radius 1 is 1.07 bits per heavy atom. The van der Waals surface area contributed by atoms with E-state index >= 15 is 0 Å². The highest BCUT2D eigenvalue weighted by Crippen LogP contribution is 2.35. The molecule has 0 saturated heterocycles. The molecule has 2 aliphatic rings. The lowest BCUT2D eigenvalue weighted by molar-refractivity contribution is -0.0500. The van der Waals surface area contributed by atoms with Gasteiger partial charge in [-0.25, -0.2) is 9.79 Å². The number of nitrogens with zero attached hydrogens (tertiary/aromatic N) is 2. The maximum Gasteiger partial charge on any atom is 0.534 e. The minimum absolute atomic E-state index is 0. The maximum atomic E-state index is 12.5. The predicted octanol–water partition coefficient (Wildman–Crippen LogP) is 6.49. The summed E-state index contributed by atoms with van der Waals surface area (Å²) in [5.74, 6) is -0.0699. The van der Waals surface area contributed by atoms with Crippen molar-refractivity contribution in [1.82, 2.24) is 10.2 Å². The number of aliphatic imine (C=N–C) groups is 1. The van der Waals surface area contributed by atoms with Crippen LogP contribution in [0.1, 0.15) is 60.9 Å². The van der Waals surface area contributed by atoms with Crippen LogP contribution in [0, 0.1) is 0 Å². The number of rotatable bonds is 9. The van der Waals surface area contributed by atoms with Crippen LogP contribution < -0.4 is 9.50 Å². The molecule has 0 bridgehead atoms. The van der Waals surface area contributed by atoms with Gasteiger partial charge in [0.05, 0.1) is 23.0 Å². The summed E-state index contributed by atoms with van der Waals surface area (Å²) in [7, 11) is -5.70. The van der Waals surface area contributed by atoms with E-state index in [4.69, 9.17) is 16.3 Å². The summed E-state index contributed by atoms with van der Waals surface area (Å²) < 4.78 is 69.6. The summed E-state index contributed by atoms with van der Waals surface area (Å²) in [6, 6.07) is 14.3. The molecular formula is C27H30ClF3IN3O5S. The Labute approximate surface area is 259 Å². The van der Waals surface area contributed by atoms with Crippen LogP contribution in [-0.2, 0) is 14.9 Å². The molecule has 1 unspecified atom stereocenters. The number of hydrogen-bond acceptors (Lipinski definition) is 8. The Kier molecular flexibility index (Phi) is 11.3. The number of hydrogen-bond donors (Lipinski definition) is 1. The molecule has 0 radical (unpaired) electrons. The van der Waals surface area contributed by atoms with Gasteiger partial charge in [-0.3, -0.25) is 0 Å². The fraction of sp³-hybridized carbons (Fsp3) is 0.407. The third kappa shape index (κ3) is 8.28. The van der Waals surface area contributed by atoms with Crippen molar-refractivity contribution in [3.63, 3.8) is 0 Å². The Bertz CT molecular complexity index is 1350. The summed E-state index contributed by atoms with van der Waals surface area (Å²) in [5, 5.41) is 3.96. The first-order valence-corrected chi connectivity index (χ1v) is 14.6. The zero-order valence-electron chi connectivity index (χ0n) is 22.0. The first kappa shape index (κ1) is 33.0. The molecule has 1 heterocycles. The van der Waals surface area contributed by atoms with Gasteiger partial charge < -0.3 is 19.1 Å². The quantitative estimate of drug-likeness (QED) is 0.137. The van der Waals surface area contributed by atoms with E-state index in [-0.39, 0.29) is 54.5 Å². The van der Waals surface area contributed by atoms with E-state index in [9.17, 15) is 26.4 Å². The topological polar surface area (TPSA) is 97.3 Å². The number of carbonyl (C=O) groups is 1. The molecule has 1 aliphatic carbocycles. The highest BCUT2D eigenvalue weighted by atomic mass is 127. The molecule has 2 aromatic carbocycles. The molecule has 1 N–H and O–H groups in total. The first-order valence-electron chi connectivity index (χ1n) is 12.8. The van der Waals surface area contributed by atoms with Crippen LogP contribution in [0.4, 0.5) is 13.2 Å². The fourth-order valence-corrected chi connectivity index (χ4v) is 5.59. The van der Waals surface area contributed by atoms with Gasteiger partial charge >= 0.3 is 21.6 Å². The van der Waals surface area contributed by atoms with Crippen molar-refractivity contribution >= 4 is 58.0 Å². The molecule has 1 saturated carbocycles. The normalized spacial score (nSPS) is 21.2. The highest BCUT2D eigenvalue weighted by Gasteiger charge is 2.48. The lowest BCUT2D eigenvalue weighted by Gasteiger charge is -2.35. The van der Waals surface area contributed by atoms with Crippen molar-refractivity contribution in [3.05, 3.63) is 76.6 Å². The van der Waals surface area contributed by atoms with Crippen molar-refractivity contribution in [2.45, 2.75) is 62.5 Å². The van der Waals surface area contributed by atoms with Gasteiger partial charge in [0, 0.05) is 6.04 Å². The smallest absolute Gasteiger partial charge is 0.441 e. The number of esters is 1. The lowest BCUT2D eigenvalue weighted by Crippen LogP contribution is -2.42. The Hall–Kier alpha value is -2.52. The van der Waals surface area contributed by atoms with Gasteiger partial charge in [0.1, 0.15) is 11.6 Å². The minimum Gasteiger partial charge on any atom is -0.441 e. The highest BCUT2D eigenvalue weighted by molar-refractivity contribution is 14.0. The molecule has 1 atom stereocenters. The minimum atomic E-state index is -5.70. The van der Waals surface area contributed by atoms with Gasteiger partial charge in [-0.05, 0) is 67.9 Å². The molecule has 4 rings (SSSR count). The van der Waals surface area contributed by atoms with Crippen LogP contribution in [0.15, 0.2) is 70.4 Å². The summed E-state index contributed by atoms with van der Waals surface area (Å²) in [4.78, 5) is 18.6. The van der Waals surface area contributed by atoms with E-state index in [0.29, 0.717) is 22.8 Å². The van der Waals surface area contributed by atoms with E-state index in [1.165, 1.54) is 12.1 Å². The van der Waals surface area contributed by atoms with Gasteiger partial charge in [0.25, 0.3) is 0 Å². The van der Waals surface area contributed by atoms with E-state index in [2.05, 4.69) is 14.5 Å². The molecule has 0 spiro atoms. The van der Waals surface area contributed by atoms with Crippen LogP contribution in [0.2, 0.25) is 0 Å². The Morgan fingerprint density at radius 3 is 2.29 bits per heavy atom. The van der Waals surface area contributed by atoms with Crippen molar-refractivity contribution in [1.29, 1.82) is 0 Å². The lowest BCUT2D eigenvalue weighted by atomic mass is 9.82. The zero-order valence-corrected chi connectivity index (χ0v) is 25.9. The van der Waals surface area contributed by atoms with Crippen LogP contribution in [0.3, 0.4) is 0 Å². The van der Waals surface area contributed by atoms with Crippen LogP contribution in [0.25, 0.3) is 0 Å². The largest absolute Gasteiger partial charge is 0.534 e. The fourth-order valence-electron chi connectivity index (χ4n) is 4.75. The number of ether oxygens (including phenoxy) is 1. The maximum absolute atomic E-state index is 12.5. The van der Waals surface area contributed by atoms with Crippen molar-refractivity contribution < 1.29 is 35.3 Å². The second kappa shape index (κ2) is 14.1. The summed E-state index contributed by atoms with van der Waals surface area (Å²) >= 11 is 6.70. The van der Waals surface area contributed by atoms with Crippen LogP contribution >= 0.6 is 35.6 Å². The third-order valence-corrected chi connectivity index (χ3v) is 8.31. The first-order chi connectivity index (χ1) is 19.0. The Balaban J connectivity index is 0.00000462. The summed E-state index contributed by atoms with van der Waals surface area (Å²) in [6.07, 6.45) is 5.54. The van der Waals surface area contributed by atoms with Crippen LogP contribution in [-0.4, -0.2) is 49.9 Å². The van der Waals surface area contributed by atoms with Gasteiger partial charge in [0.2, 0.25) is 0 Å². The Morgan fingerprint density at radius 2 is 1.71 bits per heavy atom. The summed E-state index contributed by atoms with van der Waals surface area (Å²) in [6.45, 7) is 1.99. The average molecular weight is 728 g/mol. The second-order valence-electron chi connectivity index (χ2n) is 9.55. The molecule has 0 aromatic heterocycles. The molecule has 1 fully saturated rings. The van der Waals surface area contributed by atoms with Gasteiger partial charge in [-0.15, -0.1) is 24.0 Å². The predicted molar refractivity (Wildman–Crippen MR) is 160 cm³/mol. The van der Waals surface area contributed by atoms with E-state index in [0.717, 1.165) is 31.2 Å². The molecular weight excluding hydrogens is 698 g/mol. The van der Waals surface area contributed by atoms with Crippen molar-refractivity contribution in [2.75, 3.05) is 6.73 Å². The summed E-state index contributed by atoms with van der Waals surface area (Å²) in [5.41, 5.74) is -4.12. The SMILES string of the molecule is CCC1C(Cl)=C(N[C@H]2CC[C@@H](c3ccc(OS(=O)(=O)C(F)(F)F)cc3)CC2)N=CN1COC(=O)c1ccccc1.I. The number of nitrogens with one attached hydrogen (secondary N) is 1. The molecule has 8 nitrogen and oxygen atoms in total. The number of carbonyl (C=O) groups excluding carboxylic acids is 1. The van der Waals surface area contributed by atoms with Gasteiger partial charge in [0.15, 0.2) is 6.73 Å². The van der Waals surface area contributed by atoms with Crippen LogP contribution in [0.5, 0.6) is 5.75 Å². The molecule has 0 amide bonds. The van der Waals surface area contributed by atoms with E-state index < -0.39 is 21.6 Å². The molecule has 14 heteroatoms. The monoisotopic (exact) mass is 727 g/mol. The average Bonchev–Trinajstić information content (AvgIpc) is 2.93. The van der Waals surface area contributed by atoms with Crippen molar-refractivity contribution in [3.8, 4) is 5.75 Å². The van der Waals surface area contributed by atoms with E-state index in [1.807, 2.05) is 13.0 Å².